The first kappa shape index (κ1) is 11.6. The molecule has 0 heterocycles. The van der Waals surface area contributed by atoms with Gasteiger partial charge in [0.05, 0.1) is 0 Å². The summed E-state index contributed by atoms with van der Waals surface area (Å²) in [5.41, 5.74) is 1.49. The first-order chi connectivity index (χ1) is 7.24. The molecule has 0 bridgehead atoms. The second-order valence-corrected chi connectivity index (χ2v) is 7.07. The molecular weight excluding hydrogens is 200 g/mol. The van der Waals surface area contributed by atoms with Gasteiger partial charge in [-0.15, -0.1) is 0 Å². The molecule has 0 amide bonds. The quantitative estimate of drug-likeness (QED) is 0.607. The lowest BCUT2D eigenvalue weighted by Gasteiger charge is -2.31. The Labute approximate surface area is 98.9 Å². The Hall–Kier alpha value is 0.0900. The van der Waals surface area contributed by atoms with Crippen LogP contribution >= 0.6 is 11.8 Å². The van der Waals surface area contributed by atoms with Crippen LogP contribution in [0.3, 0.4) is 0 Å². The van der Waals surface area contributed by atoms with Gasteiger partial charge < -0.3 is 0 Å². The normalized spacial score (nSPS) is 34.3. The Morgan fingerprint density at radius 1 is 0.933 bits per heavy atom. The summed E-state index contributed by atoms with van der Waals surface area (Å²) in [5.74, 6) is 0.994. The first-order valence-electron chi connectivity index (χ1n) is 6.56. The lowest BCUT2D eigenvalue weighted by Crippen LogP contribution is -2.19. The fraction of sp³-hybridized carbons (Fsp3) is 0.857. The molecule has 1 heteroatoms. The highest BCUT2D eigenvalue weighted by atomic mass is 32.2. The minimum Gasteiger partial charge on any atom is -0.155 e. The molecule has 0 N–H and O–H groups in total. The highest BCUT2D eigenvalue weighted by Gasteiger charge is 2.23. The van der Waals surface area contributed by atoms with E-state index in [4.69, 9.17) is 0 Å². The van der Waals surface area contributed by atoms with Gasteiger partial charge >= 0.3 is 0 Å². The molecule has 0 aromatic heterocycles. The summed E-state index contributed by atoms with van der Waals surface area (Å²) in [6.45, 7) is 6.50. The topological polar surface area (TPSA) is 0 Å². The van der Waals surface area contributed by atoms with Crippen molar-refractivity contribution in [2.24, 2.45) is 5.92 Å². The maximum absolute atomic E-state index is 4.10. The van der Waals surface area contributed by atoms with E-state index in [9.17, 15) is 0 Å². The Balaban J connectivity index is 1.70. The van der Waals surface area contributed by atoms with Crippen LogP contribution in [0.4, 0.5) is 0 Å². The van der Waals surface area contributed by atoms with Gasteiger partial charge in [-0.1, -0.05) is 19.1 Å². The number of allylic oxidation sites excluding steroid dienone is 1. The molecule has 86 valence electrons. The summed E-state index contributed by atoms with van der Waals surface area (Å²) in [6, 6.07) is 0. The van der Waals surface area contributed by atoms with Gasteiger partial charge in [0.1, 0.15) is 0 Å². The van der Waals surface area contributed by atoms with E-state index in [1.165, 1.54) is 56.9 Å². The molecule has 0 aliphatic heterocycles. The van der Waals surface area contributed by atoms with E-state index in [-0.39, 0.29) is 0 Å². The van der Waals surface area contributed by atoms with Crippen LogP contribution in [0.1, 0.15) is 58.3 Å². The molecule has 0 nitrogen and oxygen atoms in total. The van der Waals surface area contributed by atoms with Crippen molar-refractivity contribution in [3.8, 4) is 0 Å². The molecule has 0 unspecified atom stereocenters. The standard InChI is InChI=1S/C14H24S/c1-11-3-7-13(8-4-11)15-14-9-5-12(2)6-10-14/h12-14H,1,3-10H2,2H3. The van der Waals surface area contributed by atoms with E-state index >= 15 is 0 Å². The summed E-state index contributed by atoms with van der Waals surface area (Å²) < 4.78 is 0. The van der Waals surface area contributed by atoms with Crippen molar-refractivity contribution in [3.63, 3.8) is 0 Å². The van der Waals surface area contributed by atoms with Crippen LogP contribution in [0.15, 0.2) is 12.2 Å². The van der Waals surface area contributed by atoms with Gasteiger partial charge in [0, 0.05) is 10.5 Å². The SMILES string of the molecule is C=C1CCC(SC2CCC(C)CC2)CC1. The van der Waals surface area contributed by atoms with Crippen molar-refractivity contribution < 1.29 is 0 Å². The van der Waals surface area contributed by atoms with E-state index in [1.807, 2.05) is 0 Å². The third kappa shape index (κ3) is 3.55. The number of hydrogen-bond acceptors (Lipinski definition) is 1. The summed E-state index contributed by atoms with van der Waals surface area (Å²) in [7, 11) is 0. The van der Waals surface area contributed by atoms with Crippen LogP contribution in [0.2, 0.25) is 0 Å². The Bertz CT molecular complexity index is 203. The molecule has 2 fully saturated rings. The van der Waals surface area contributed by atoms with Crippen LogP contribution in [0.25, 0.3) is 0 Å². The molecule has 0 saturated heterocycles. The largest absolute Gasteiger partial charge is 0.155 e. The van der Waals surface area contributed by atoms with E-state index < -0.39 is 0 Å². The zero-order valence-electron chi connectivity index (χ0n) is 10.0. The van der Waals surface area contributed by atoms with Crippen LogP contribution in [0, 0.1) is 5.92 Å². The van der Waals surface area contributed by atoms with Gasteiger partial charge in [-0.25, -0.2) is 0 Å². The first-order valence-corrected chi connectivity index (χ1v) is 7.50. The van der Waals surface area contributed by atoms with Crippen molar-refractivity contribution in [1.29, 1.82) is 0 Å². The second-order valence-electron chi connectivity index (χ2n) is 5.47. The van der Waals surface area contributed by atoms with Crippen LogP contribution < -0.4 is 0 Å². The summed E-state index contributed by atoms with van der Waals surface area (Å²) in [4.78, 5) is 0. The van der Waals surface area contributed by atoms with E-state index in [2.05, 4.69) is 25.3 Å². The van der Waals surface area contributed by atoms with Crippen molar-refractivity contribution in [3.05, 3.63) is 12.2 Å². The van der Waals surface area contributed by atoms with Gasteiger partial charge in [-0.05, 0) is 57.3 Å². The van der Waals surface area contributed by atoms with Gasteiger partial charge in [0.15, 0.2) is 0 Å². The maximum atomic E-state index is 4.10. The molecule has 15 heavy (non-hydrogen) atoms. The lowest BCUT2D eigenvalue weighted by atomic mass is 9.91. The summed E-state index contributed by atoms with van der Waals surface area (Å²) in [6.07, 6.45) is 11.3. The van der Waals surface area contributed by atoms with Crippen LogP contribution in [-0.4, -0.2) is 10.5 Å². The van der Waals surface area contributed by atoms with Gasteiger partial charge in [0.2, 0.25) is 0 Å². The maximum Gasteiger partial charge on any atom is 0.00559 e. The van der Waals surface area contributed by atoms with Crippen LogP contribution in [-0.2, 0) is 0 Å². The Kier molecular flexibility index (Phi) is 4.19. The fourth-order valence-electron chi connectivity index (χ4n) is 2.77. The molecule has 0 spiro atoms. The van der Waals surface area contributed by atoms with Gasteiger partial charge in [-0.3, -0.25) is 0 Å². The summed E-state index contributed by atoms with van der Waals surface area (Å²) in [5, 5.41) is 1.94. The van der Waals surface area contributed by atoms with E-state index in [0.29, 0.717) is 0 Å². The summed E-state index contributed by atoms with van der Waals surface area (Å²) >= 11 is 2.30. The highest BCUT2D eigenvalue weighted by molar-refractivity contribution is 8.00. The van der Waals surface area contributed by atoms with Crippen LogP contribution in [0.5, 0.6) is 0 Å². The van der Waals surface area contributed by atoms with E-state index in [0.717, 1.165) is 16.4 Å². The van der Waals surface area contributed by atoms with Gasteiger partial charge in [0.25, 0.3) is 0 Å². The molecule has 0 atom stereocenters. The average molecular weight is 224 g/mol. The molecule has 0 radical (unpaired) electrons. The molecule has 2 saturated carbocycles. The third-order valence-electron chi connectivity index (χ3n) is 3.99. The Morgan fingerprint density at radius 2 is 1.47 bits per heavy atom. The lowest BCUT2D eigenvalue weighted by molar-refractivity contribution is 0.392. The van der Waals surface area contributed by atoms with Crippen molar-refractivity contribution >= 4 is 11.8 Å². The predicted molar refractivity (Wildman–Crippen MR) is 70.4 cm³/mol. The monoisotopic (exact) mass is 224 g/mol. The Morgan fingerprint density at radius 3 is 2.07 bits per heavy atom. The fourth-order valence-corrected chi connectivity index (χ4v) is 4.37. The average Bonchev–Trinajstić information content (AvgIpc) is 2.25. The molecule has 2 rings (SSSR count). The molecule has 2 aliphatic rings. The third-order valence-corrected chi connectivity index (χ3v) is 5.70. The smallest absolute Gasteiger partial charge is 0.00559 e. The molecular formula is C14H24S. The molecule has 2 aliphatic carbocycles. The predicted octanol–water partition coefficient (Wildman–Crippen LogP) is 4.80. The number of rotatable bonds is 2. The number of thioether (sulfide) groups is 1. The minimum absolute atomic E-state index is 0.953. The van der Waals surface area contributed by atoms with Crippen molar-refractivity contribution in [2.75, 3.05) is 0 Å². The van der Waals surface area contributed by atoms with E-state index in [1.54, 1.807) is 0 Å². The number of hydrogen-bond donors (Lipinski definition) is 0. The van der Waals surface area contributed by atoms with Crippen molar-refractivity contribution in [2.45, 2.75) is 68.8 Å². The minimum atomic E-state index is 0.953. The zero-order chi connectivity index (χ0) is 10.7. The van der Waals surface area contributed by atoms with Crippen molar-refractivity contribution in [1.82, 2.24) is 0 Å². The zero-order valence-corrected chi connectivity index (χ0v) is 10.8. The second kappa shape index (κ2) is 5.43. The highest BCUT2D eigenvalue weighted by Crippen LogP contribution is 2.39. The molecule has 0 aromatic rings. The molecule has 0 aromatic carbocycles. The van der Waals surface area contributed by atoms with Gasteiger partial charge in [-0.2, -0.15) is 11.8 Å².